The van der Waals surface area contributed by atoms with Crippen molar-refractivity contribution in [3.8, 4) is 0 Å². The van der Waals surface area contributed by atoms with E-state index in [2.05, 4.69) is 16.5 Å². The van der Waals surface area contributed by atoms with Crippen molar-refractivity contribution in [3.05, 3.63) is 29.8 Å². The minimum absolute atomic E-state index is 0.211. The van der Waals surface area contributed by atoms with Gasteiger partial charge in [0.1, 0.15) is 11.6 Å². The molecule has 1 aromatic carbocycles. The van der Waals surface area contributed by atoms with E-state index in [-0.39, 0.29) is 5.82 Å². The van der Waals surface area contributed by atoms with Crippen molar-refractivity contribution in [2.24, 2.45) is 11.8 Å². The highest BCUT2D eigenvalue weighted by molar-refractivity contribution is 6.16. The topological polar surface area (TPSA) is 17.8 Å². The van der Waals surface area contributed by atoms with E-state index in [0.29, 0.717) is 11.8 Å². The van der Waals surface area contributed by atoms with Gasteiger partial charge in [0.2, 0.25) is 0 Å². The minimum atomic E-state index is -0.211. The number of aromatic nitrogens is 2. The van der Waals surface area contributed by atoms with Crippen LogP contribution in [-0.4, -0.2) is 9.55 Å². The minimum Gasteiger partial charge on any atom is -0.327 e. The third-order valence-corrected chi connectivity index (χ3v) is 4.72. The summed E-state index contributed by atoms with van der Waals surface area (Å²) in [6.45, 7) is 3.23. The van der Waals surface area contributed by atoms with E-state index in [1.807, 2.05) is 0 Å². The van der Waals surface area contributed by atoms with E-state index in [1.54, 1.807) is 12.1 Å². The number of hydrogen-bond donors (Lipinski definition) is 0. The fourth-order valence-corrected chi connectivity index (χ4v) is 3.43. The Balaban J connectivity index is 1.91. The monoisotopic (exact) mass is 294 g/mol. The Hall–Kier alpha value is -1.09. The van der Waals surface area contributed by atoms with Gasteiger partial charge in [0, 0.05) is 6.54 Å². The highest BCUT2D eigenvalue weighted by Crippen LogP contribution is 2.31. The molecule has 20 heavy (non-hydrogen) atoms. The first-order valence-electron chi connectivity index (χ1n) is 7.38. The van der Waals surface area contributed by atoms with Crippen LogP contribution in [0.25, 0.3) is 11.0 Å². The first-order chi connectivity index (χ1) is 9.67. The van der Waals surface area contributed by atoms with Gasteiger partial charge in [0.15, 0.2) is 0 Å². The molecule has 0 saturated heterocycles. The van der Waals surface area contributed by atoms with Gasteiger partial charge in [-0.25, -0.2) is 9.37 Å². The number of rotatable bonds is 3. The normalized spacial score (nSPS) is 23.4. The van der Waals surface area contributed by atoms with Gasteiger partial charge in [-0.2, -0.15) is 0 Å². The Morgan fingerprint density at radius 1 is 1.30 bits per heavy atom. The largest absolute Gasteiger partial charge is 0.327 e. The van der Waals surface area contributed by atoms with E-state index in [0.717, 1.165) is 29.3 Å². The van der Waals surface area contributed by atoms with Gasteiger partial charge in [0.05, 0.1) is 16.9 Å². The molecule has 108 valence electrons. The van der Waals surface area contributed by atoms with Gasteiger partial charge < -0.3 is 4.57 Å². The smallest absolute Gasteiger partial charge is 0.125 e. The summed E-state index contributed by atoms with van der Waals surface area (Å²) in [5.41, 5.74) is 1.71. The third kappa shape index (κ3) is 2.69. The van der Waals surface area contributed by atoms with Crippen LogP contribution < -0.4 is 0 Å². The summed E-state index contributed by atoms with van der Waals surface area (Å²) in [4.78, 5) is 4.52. The molecule has 1 fully saturated rings. The molecule has 0 aliphatic heterocycles. The Morgan fingerprint density at radius 3 is 2.75 bits per heavy atom. The van der Waals surface area contributed by atoms with Crippen molar-refractivity contribution in [1.29, 1.82) is 0 Å². The van der Waals surface area contributed by atoms with Crippen LogP contribution in [0.15, 0.2) is 18.2 Å². The quantitative estimate of drug-likeness (QED) is 0.748. The summed E-state index contributed by atoms with van der Waals surface area (Å²) in [5, 5.41) is 0. The average Bonchev–Trinajstić information content (AvgIpc) is 2.79. The second-order valence-corrected chi connectivity index (χ2v) is 6.30. The van der Waals surface area contributed by atoms with Crippen LogP contribution >= 0.6 is 11.6 Å². The molecule has 1 heterocycles. The van der Waals surface area contributed by atoms with Crippen LogP contribution in [-0.2, 0) is 12.4 Å². The predicted molar refractivity (Wildman–Crippen MR) is 80.4 cm³/mol. The zero-order valence-corrected chi connectivity index (χ0v) is 12.5. The lowest BCUT2D eigenvalue weighted by atomic mass is 9.83. The van der Waals surface area contributed by atoms with E-state index >= 15 is 0 Å². The van der Waals surface area contributed by atoms with E-state index in [9.17, 15) is 4.39 Å². The zero-order chi connectivity index (χ0) is 14.1. The number of alkyl halides is 1. The number of benzene rings is 1. The Morgan fingerprint density at radius 2 is 2.05 bits per heavy atom. The summed E-state index contributed by atoms with van der Waals surface area (Å²) in [6, 6.07) is 4.77. The molecule has 0 amide bonds. The Bertz CT molecular complexity index is 600. The van der Waals surface area contributed by atoms with Crippen molar-refractivity contribution in [3.63, 3.8) is 0 Å². The SMILES string of the molecule is CC1CCC(Cn2c(CCl)nc3ccc(F)cc32)CC1. The lowest BCUT2D eigenvalue weighted by Gasteiger charge is -2.27. The summed E-state index contributed by atoms with van der Waals surface area (Å²) < 4.78 is 15.6. The fourth-order valence-electron chi connectivity index (χ4n) is 3.22. The molecule has 0 bridgehead atoms. The maximum Gasteiger partial charge on any atom is 0.125 e. The molecular weight excluding hydrogens is 275 g/mol. The molecule has 0 atom stereocenters. The highest BCUT2D eigenvalue weighted by atomic mass is 35.5. The Kier molecular flexibility index (Phi) is 3.97. The molecule has 2 nitrogen and oxygen atoms in total. The van der Waals surface area contributed by atoms with Crippen molar-refractivity contribution in [1.82, 2.24) is 9.55 Å². The Labute approximate surface area is 123 Å². The summed E-state index contributed by atoms with van der Waals surface area (Å²) in [6.07, 6.45) is 5.08. The zero-order valence-electron chi connectivity index (χ0n) is 11.8. The summed E-state index contributed by atoms with van der Waals surface area (Å²) in [5.74, 6) is 2.52. The van der Waals surface area contributed by atoms with E-state index in [1.165, 1.54) is 31.7 Å². The number of halogens is 2. The molecule has 3 rings (SSSR count). The van der Waals surface area contributed by atoms with Gasteiger partial charge in [-0.1, -0.05) is 19.8 Å². The second-order valence-electron chi connectivity index (χ2n) is 6.03. The first-order valence-corrected chi connectivity index (χ1v) is 7.91. The second kappa shape index (κ2) is 5.72. The van der Waals surface area contributed by atoms with Crippen molar-refractivity contribution < 1.29 is 4.39 Å². The molecule has 1 aliphatic rings. The van der Waals surface area contributed by atoms with Gasteiger partial charge in [0.25, 0.3) is 0 Å². The van der Waals surface area contributed by atoms with Crippen molar-refractivity contribution in [2.45, 2.75) is 45.0 Å². The molecule has 0 unspecified atom stereocenters. The van der Waals surface area contributed by atoms with Gasteiger partial charge in [-0.05, 0) is 42.9 Å². The standard InChI is InChI=1S/C16H20ClFN2/c1-11-2-4-12(5-3-11)10-20-15-8-13(18)6-7-14(15)19-16(20)9-17/h6-8,11-12H,2-5,9-10H2,1H3. The highest BCUT2D eigenvalue weighted by Gasteiger charge is 2.21. The van der Waals surface area contributed by atoms with Gasteiger partial charge in [-0.15, -0.1) is 11.6 Å². The molecule has 2 aromatic rings. The fraction of sp³-hybridized carbons (Fsp3) is 0.562. The van der Waals surface area contributed by atoms with E-state index < -0.39 is 0 Å². The maximum atomic E-state index is 13.5. The van der Waals surface area contributed by atoms with Crippen LogP contribution in [0.3, 0.4) is 0 Å². The number of nitrogens with zero attached hydrogens (tertiary/aromatic N) is 2. The summed E-state index contributed by atoms with van der Waals surface area (Å²) in [7, 11) is 0. The summed E-state index contributed by atoms with van der Waals surface area (Å²) >= 11 is 6.01. The van der Waals surface area contributed by atoms with Crippen molar-refractivity contribution in [2.75, 3.05) is 0 Å². The first kappa shape index (κ1) is 13.9. The molecule has 0 N–H and O–H groups in total. The molecule has 4 heteroatoms. The molecule has 0 radical (unpaired) electrons. The van der Waals surface area contributed by atoms with Gasteiger partial charge in [-0.3, -0.25) is 0 Å². The predicted octanol–water partition coefficient (Wildman–Crippen LogP) is 4.74. The lowest BCUT2D eigenvalue weighted by molar-refractivity contribution is 0.265. The van der Waals surface area contributed by atoms with Crippen LogP contribution in [0, 0.1) is 17.7 Å². The molecule has 0 spiro atoms. The van der Waals surface area contributed by atoms with Crippen LogP contribution in [0.5, 0.6) is 0 Å². The molecule has 1 aliphatic carbocycles. The number of imidazole rings is 1. The average molecular weight is 295 g/mol. The molecular formula is C16H20ClFN2. The molecule has 1 saturated carbocycles. The third-order valence-electron chi connectivity index (χ3n) is 4.49. The van der Waals surface area contributed by atoms with Crippen LogP contribution in [0.1, 0.15) is 38.4 Å². The van der Waals surface area contributed by atoms with Gasteiger partial charge >= 0.3 is 0 Å². The van der Waals surface area contributed by atoms with Crippen LogP contribution in [0.4, 0.5) is 4.39 Å². The van der Waals surface area contributed by atoms with E-state index in [4.69, 9.17) is 11.6 Å². The number of hydrogen-bond acceptors (Lipinski definition) is 1. The van der Waals surface area contributed by atoms with Crippen molar-refractivity contribution >= 4 is 22.6 Å². The van der Waals surface area contributed by atoms with Crippen LogP contribution in [0.2, 0.25) is 0 Å². The maximum absolute atomic E-state index is 13.5. The number of fused-ring (bicyclic) bond motifs is 1. The molecule has 1 aromatic heterocycles. The lowest BCUT2D eigenvalue weighted by Crippen LogP contribution is -2.18.